The maximum Gasteiger partial charge on any atom is 0.255 e. The number of anilines is 1. The van der Waals surface area contributed by atoms with Crippen LogP contribution in [0.15, 0.2) is 18.5 Å². The van der Waals surface area contributed by atoms with Crippen LogP contribution in [0, 0.1) is 0 Å². The van der Waals surface area contributed by atoms with E-state index < -0.39 is 9.84 Å². The molecule has 1 unspecified atom stereocenters. The van der Waals surface area contributed by atoms with E-state index in [2.05, 4.69) is 15.2 Å². The Morgan fingerprint density at radius 3 is 2.72 bits per heavy atom. The summed E-state index contributed by atoms with van der Waals surface area (Å²) >= 11 is 0. The van der Waals surface area contributed by atoms with E-state index in [4.69, 9.17) is 0 Å². The van der Waals surface area contributed by atoms with E-state index in [1.807, 2.05) is 21.0 Å². The molecule has 0 bridgehead atoms. The zero-order valence-electron chi connectivity index (χ0n) is 15.2. The van der Waals surface area contributed by atoms with Crippen LogP contribution in [0.1, 0.15) is 30.1 Å². The van der Waals surface area contributed by atoms with Gasteiger partial charge in [0.25, 0.3) is 5.91 Å². The zero-order valence-corrected chi connectivity index (χ0v) is 16.1. The number of nitrogens with zero attached hydrogens (tertiary/aromatic N) is 3. The third-order valence-corrected chi connectivity index (χ3v) is 6.10. The van der Waals surface area contributed by atoms with Gasteiger partial charge in [0.05, 0.1) is 22.8 Å². The van der Waals surface area contributed by atoms with E-state index in [9.17, 15) is 13.2 Å². The van der Waals surface area contributed by atoms with Crippen molar-refractivity contribution in [1.82, 2.24) is 14.8 Å². The molecule has 7 nitrogen and oxygen atoms in total. The molecular formula is C17H28N4O3S. The summed E-state index contributed by atoms with van der Waals surface area (Å²) in [6.45, 7) is 4.15. The minimum atomic E-state index is -3.02. The Morgan fingerprint density at radius 1 is 1.36 bits per heavy atom. The summed E-state index contributed by atoms with van der Waals surface area (Å²) in [5.41, 5.74) is 1.29. The summed E-state index contributed by atoms with van der Waals surface area (Å²) in [6.07, 6.45) is 4.74. The fourth-order valence-corrected chi connectivity index (χ4v) is 4.77. The molecule has 0 spiro atoms. The van der Waals surface area contributed by atoms with Gasteiger partial charge in [0, 0.05) is 31.5 Å². The Morgan fingerprint density at radius 2 is 2.12 bits per heavy atom. The number of aromatic nitrogens is 1. The van der Waals surface area contributed by atoms with Gasteiger partial charge < -0.3 is 15.1 Å². The first-order valence-corrected chi connectivity index (χ1v) is 10.5. The molecule has 1 fully saturated rings. The fourth-order valence-electron chi connectivity index (χ4n) is 3.04. The van der Waals surface area contributed by atoms with E-state index >= 15 is 0 Å². The number of rotatable bonds is 8. The molecule has 1 amide bonds. The van der Waals surface area contributed by atoms with Gasteiger partial charge in [0.2, 0.25) is 0 Å². The zero-order chi connectivity index (χ0) is 18.4. The van der Waals surface area contributed by atoms with Gasteiger partial charge in [-0.2, -0.15) is 0 Å². The van der Waals surface area contributed by atoms with Crippen molar-refractivity contribution in [3.05, 3.63) is 24.0 Å². The summed E-state index contributed by atoms with van der Waals surface area (Å²) in [5.74, 6) is 0.0596. The fraction of sp³-hybridized carbons (Fsp3) is 0.647. The summed E-state index contributed by atoms with van der Waals surface area (Å²) in [6, 6.07) is 1.55. The quantitative estimate of drug-likeness (QED) is 0.692. The molecule has 1 aliphatic rings. The van der Waals surface area contributed by atoms with Gasteiger partial charge in [-0.15, -0.1) is 0 Å². The number of hydrogen-bond donors (Lipinski definition) is 1. The van der Waals surface area contributed by atoms with E-state index in [0.29, 0.717) is 18.5 Å². The van der Waals surface area contributed by atoms with Crippen molar-refractivity contribution in [2.45, 2.75) is 25.8 Å². The van der Waals surface area contributed by atoms with E-state index in [1.54, 1.807) is 23.4 Å². The molecule has 2 rings (SSSR count). The molecule has 0 aromatic carbocycles. The lowest BCUT2D eigenvalue weighted by Gasteiger charge is -2.27. The van der Waals surface area contributed by atoms with Crippen LogP contribution in [0.3, 0.4) is 0 Å². The summed E-state index contributed by atoms with van der Waals surface area (Å²) in [7, 11) is 1.04. The number of sulfone groups is 1. The minimum Gasteiger partial charge on any atom is -0.384 e. The number of amides is 1. The van der Waals surface area contributed by atoms with Crippen LogP contribution >= 0.6 is 0 Å². The van der Waals surface area contributed by atoms with Gasteiger partial charge in [0.1, 0.15) is 0 Å². The SMILES string of the molecule is CCN(C(=O)c1cncc(NCCCN(C)C)c1)C1CCS(=O)(=O)C1. The topological polar surface area (TPSA) is 82.6 Å². The molecule has 1 saturated heterocycles. The lowest BCUT2D eigenvalue weighted by atomic mass is 10.1. The van der Waals surface area contributed by atoms with Crippen molar-refractivity contribution in [3.63, 3.8) is 0 Å². The lowest BCUT2D eigenvalue weighted by molar-refractivity contribution is 0.0708. The molecule has 25 heavy (non-hydrogen) atoms. The average Bonchev–Trinajstić information content (AvgIpc) is 2.92. The highest BCUT2D eigenvalue weighted by Gasteiger charge is 2.34. The van der Waals surface area contributed by atoms with Crippen molar-refractivity contribution in [3.8, 4) is 0 Å². The maximum absolute atomic E-state index is 12.8. The summed E-state index contributed by atoms with van der Waals surface area (Å²) in [4.78, 5) is 20.7. The molecule has 1 aromatic heterocycles. The molecular weight excluding hydrogens is 340 g/mol. The van der Waals surface area contributed by atoms with Crippen molar-refractivity contribution in [1.29, 1.82) is 0 Å². The Labute approximate surface area is 150 Å². The van der Waals surface area contributed by atoms with Gasteiger partial charge in [-0.3, -0.25) is 9.78 Å². The molecule has 0 aliphatic carbocycles. The highest BCUT2D eigenvalue weighted by molar-refractivity contribution is 7.91. The highest BCUT2D eigenvalue weighted by Crippen LogP contribution is 2.20. The first-order chi connectivity index (χ1) is 11.8. The minimum absolute atomic E-state index is 0.0580. The molecule has 140 valence electrons. The first-order valence-electron chi connectivity index (χ1n) is 8.67. The molecule has 2 heterocycles. The number of carbonyl (C=O) groups excluding carboxylic acids is 1. The third kappa shape index (κ3) is 5.67. The van der Waals surface area contributed by atoms with Gasteiger partial charge in [-0.25, -0.2) is 8.42 Å². The Bertz CT molecular complexity index is 691. The van der Waals surface area contributed by atoms with Crippen molar-refractivity contribution >= 4 is 21.4 Å². The van der Waals surface area contributed by atoms with Gasteiger partial charge >= 0.3 is 0 Å². The average molecular weight is 369 g/mol. The normalized spacial score (nSPS) is 19.1. The first kappa shape index (κ1) is 19.7. The molecule has 0 saturated carbocycles. The second-order valence-electron chi connectivity index (χ2n) is 6.69. The Balaban J connectivity index is 2.01. The Hall–Kier alpha value is -1.67. The van der Waals surface area contributed by atoms with E-state index in [0.717, 1.165) is 25.2 Å². The van der Waals surface area contributed by atoms with Crippen LogP contribution in [0.2, 0.25) is 0 Å². The second-order valence-corrected chi connectivity index (χ2v) is 8.92. The van der Waals surface area contributed by atoms with E-state index in [1.165, 1.54) is 0 Å². The number of pyridine rings is 1. The lowest BCUT2D eigenvalue weighted by Crippen LogP contribution is -2.41. The predicted molar refractivity (Wildman–Crippen MR) is 99.7 cm³/mol. The van der Waals surface area contributed by atoms with Crippen LogP contribution in [0.25, 0.3) is 0 Å². The van der Waals surface area contributed by atoms with Crippen LogP contribution in [0.5, 0.6) is 0 Å². The predicted octanol–water partition coefficient (Wildman–Crippen LogP) is 1.09. The monoisotopic (exact) mass is 368 g/mol. The van der Waals surface area contributed by atoms with Crippen molar-refractivity contribution in [2.75, 3.05) is 50.6 Å². The van der Waals surface area contributed by atoms with Crippen LogP contribution in [0.4, 0.5) is 5.69 Å². The van der Waals surface area contributed by atoms with E-state index in [-0.39, 0.29) is 23.5 Å². The standard InChI is InChI=1S/C17H28N4O3S/c1-4-21(16-6-9-25(23,24)13-16)17(22)14-10-15(12-18-11-14)19-7-5-8-20(2)3/h10-12,16,19H,4-9,13H2,1-3H3. The van der Waals surface area contributed by atoms with Gasteiger partial charge in [0.15, 0.2) is 9.84 Å². The number of carbonyl (C=O) groups is 1. The highest BCUT2D eigenvalue weighted by atomic mass is 32.2. The van der Waals surface area contributed by atoms with Gasteiger partial charge in [-0.05, 0) is 46.5 Å². The summed E-state index contributed by atoms with van der Waals surface area (Å²) in [5, 5.41) is 3.28. The van der Waals surface area contributed by atoms with Crippen molar-refractivity contribution in [2.24, 2.45) is 0 Å². The Kier molecular flexibility index (Phi) is 6.78. The molecule has 1 aromatic rings. The largest absolute Gasteiger partial charge is 0.384 e. The smallest absolute Gasteiger partial charge is 0.255 e. The maximum atomic E-state index is 12.8. The van der Waals surface area contributed by atoms with Crippen LogP contribution in [-0.4, -0.2) is 80.4 Å². The molecule has 8 heteroatoms. The molecule has 1 N–H and O–H groups in total. The molecule has 1 atom stereocenters. The second kappa shape index (κ2) is 8.62. The van der Waals surface area contributed by atoms with Crippen molar-refractivity contribution < 1.29 is 13.2 Å². The van der Waals surface area contributed by atoms with Crippen LogP contribution < -0.4 is 5.32 Å². The number of nitrogens with one attached hydrogen (secondary N) is 1. The number of hydrogen-bond acceptors (Lipinski definition) is 6. The van der Waals surface area contributed by atoms with Crippen LogP contribution in [-0.2, 0) is 9.84 Å². The molecule has 0 radical (unpaired) electrons. The third-order valence-electron chi connectivity index (χ3n) is 4.35. The van der Waals surface area contributed by atoms with Gasteiger partial charge in [-0.1, -0.05) is 0 Å². The summed E-state index contributed by atoms with van der Waals surface area (Å²) < 4.78 is 23.4. The molecule has 1 aliphatic heterocycles.